The number of ketones is 3. The third kappa shape index (κ3) is 4.78. The van der Waals surface area contributed by atoms with Crippen LogP contribution < -0.4 is 5.32 Å². The van der Waals surface area contributed by atoms with Crippen LogP contribution in [-0.2, 0) is 14.4 Å². The predicted octanol–water partition coefficient (Wildman–Crippen LogP) is 4.43. The van der Waals surface area contributed by atoms with E-state index < -0.39 is 6.04 Å². The summed E-state index contributed by atoms with van der Waals surface area (Å²) in [6, 6.07) is 5.45. The second-order valence-electron chi connectivity index (χ2n) is 6.92. The van der Waals surface area contributed by atoms with E-state index in [9.17, 15) is 14.4 Å². The van der Waals surface area contributed by atoms with Gasteiger partial charge in [0.25, 0.3) is 0 Å². The van der Waals surface area contributed by atoms with Gasteiger partial charge >= 0.3 is 0 Å². The number of carbonyl (C=O) groups is 3. The minimum absolute atomic E-state index is 0.0900. The molecule has 1 saturated carbocycles. The summed E-state index contributed by atoms with van der Waals surface area (Å²) >= 11 is 0. The van der Waals surface area contributed by atoms with Gasteiger partial charge in [-0.15, -0.1) is 0 Å². The number of aryl methyl sites for hydroxylation is 1. The third-order valence-corrected chi connectivity index (χ3v) is 4.79. The normalized spacial score (nSPS) is 17.3. The van der Waals surface area contributed by atoms with Gasteiger partial charge in [0.15, 0.2) is 11.6 Å². The smallest absolute Gasteiger partial charge is 0.187 e. The van der Waals surface area contributed by atoms with Crippen LogP contribution in [0, 0.1) is 6.92 Å². The molecule has 1 atom stereocenters. The molecule has 4 heteroatoms. The SMILES string of the molecule is C=C1C(=O)CCC(Nc2ccc(C(=C)CCC(=O)CCC)c(C)c2)C1=O. The molecule has 1 unspecified atom stereocenters. The van der Waals surface area contributed by atoms with E-state index in [1.54, 1.807) is 0 Å². The van der Waals surface area contributed by atoms with E-state index in [1.165, 1.54) is 0 Å². The Labute approximate surface area is 155 Å². The lowest BCUT2D eigenvalue weighted by Gasteiger charge is -2.24. The Bertz CT molecular complexity index is 761. The maximum Gasteiger partial charge on any atom is 0.187 e. The first-order chi connectivity index (χ1) is 12.3. The van der Waals surface area contributed by atoms with E-state index in [1.807, 2.05) is 32.0 Å². The first-order valence-corrected chi connectivity index (χ1v) is 9.16. The maximum atomic E-state index is 12.2. The molecule has 0 spiro atoms. The van der Waals surface area contributed by atoms with Gasteiger partial charge in [-0.2, -0.15) is 0 Å². The highest BCUT2D eigenvalue weighted by Crippen LogP contribution is 2.26. The Hall–Kier alpha value is -2.49. The Morgan fingerprint density at radius 3 is 2.62 bits per heavy atom. The van der Waals surface area contributed by atoms with E-state index >= 15 is 0 Å². The Morgan fingerprint density at radius 1 is 1.23 bits per heavy atom. The van der Waals surface area contributed by atoms with Gasteiger partial charge in [0.1, 0.15) is 5.78 Å². The van der Waals surface area contributed by atoms with Crippen LogP contribution in [0.5, 0.6) is 0 Å². The molecule has 0 saturated heterocycles. The van der Waals surface area contributed by atoms with Crippen molar-refractivity contribution in [2.45, 2.75) is 58.4 Å². The summed E-state index contributed by atoms with van der Waals surface area (Å²) in [5.74, 6) is -0.106. The van der Waals surface area contributed by atoms with E-state index in [-0.39, 0.29) is 22.9 Å². The lowest BCUT2D eigenvalue weighted by molar-refractivity contribution is -0.124. The van der Waals surface area contributed by atoms with Gasteiger partial charge in [-0.3, -0.25) is 14.4 Å². The Balaban J connectivity index is 2.01. The van der Waals surface area contributed by atoms with Crippen molar-refractivity contribution in [3.8, 4) is 0 Å². The number of carbonyl (C=O) groups excluding carboxylic acids is 3. The van der Waals surface area contributed by atoms with Crippen LogP contribution in [0.15, 0.2) is 36.9 Å². The van der Waals surface area contributed by atoms with Gasteiger partial charge in [-0.05, 0) is 55.0 Å². The molecule has 0 aromatic heterocycles. The number of allylic oxidation sites excluding steroid dienone is 1. The topological polar surface area (TPSA) is 63.2 Å². The molecule has 0 radical (unpaired) electrons. The second kappa shape index (κ2) is 8.75. The number of benzene rings is 1. The first kappa shape index (κ1) is 19.8. The van der Waals surface area contributed by atoms with Crippen LogP contribution in [0.25, 0.3) is 5.57 Å². The molecule has 1 N–H and O–H groups in total. The molecule has 0 amide bonds. The number of anilines is 1. The molecular formula is C22H27NO3. The van der Waals surface area contributed by atoms with E-state index in [0.717, 1.165) is 28.8 Å². The average Bonchev–Trinajstić information content (AvgIpc) is 2.60. The first-order valence-electron chi connectivity index (χ1n) is 9.16. The van der Waals surface area contributed by atoms with Gasteiger partial charge < -0.3 is 5.32 Å². The van der Waals surface area contributed by atoms with Crippen molar-refractivity contribution in [1.82, 2.24) is 0 Å². The van der Waals surface area contributed by atoms with Gasteiger partial charge in [0.05, 0.1) is 11.6 Å². The molecule has 1 fully saturated rings. The maximum absolute atomic E-state index is 12.2. The van der Waals surface area contributed by atoms with Crippen molar-refractivity contribution >= 4 is 28.6 Å². The van der Waals surface area contributed by atoms with Crippen LogP contribution in [-0.4, -0.2) is 23.4 Å². The fraction of sp³-hybridized carbons (Fsp3) is 0.409. The lowest BCUT2D eigenvalue weighted by atomic mass is 9.89. The van der Waals surface area contributed by atoms with E-state index in [4.69, 9.17) is 0 Å². The van der Waals surface area contributed by atoms with Crippen molar-refractivity contribution in [2.75, 3.05) is 5.32 Å². The van der Waals surface area contributed by atoms with Crippen LogP contribution in [0.3, 0.4) is 0 Å². The molecule has 0 aliphatic heterocycles. The highest BCUT2D eigenvalue weighted by Gasteiger charge is 2.30. The van der Waals surface area contributed by atoms with Crippen LogP contribution in [0.1, 0.15) is 56.6 Å². The van der Waals surface area contributed by atoms with E-state index in [0.29, 0.717) is 32.1 Å². The van der Waals surface area contributed by atoms with E-state index in [2.05, 4.69) is 18.5 Å². The average molecular weight is 353 g/mol. The number of hydrogen-bond donors (Lipinski definition) is 1. The zero-order valence-corrected chi connectivity index (χ0v) is 15.7. The van der Waals surface area contributed by atoms with Gasteiger partial charge in [0.2, 0.25) is 0 Å². The molecule has 26 heavy (non-hydrogen) atoms. The van der Waals surface area contributed by atoms with Crippen LogP contribution >= 0.6 is 0 Å². The van der Waals surface area contributed by atoms with Gasteiger partial charge in [0, 0.05) is 24.9 Å². The Kier molecular flexibility index (Phi) is 6.67. The summed E-state index contributed by atoms with van der Waals surface area (Å²) in [5, 5.41) is 3.21. The molecule has 0 bridgehead atoms. The molecule has 1 aliphatic carbocycles. The Morgan fingerprint density at radius 2 is 1.96 bits per heavy atom. The number of nitrogens with one attached hydrogen (secondary N) is 1. The quantitative estimate of drug-likeness (QED) is 0.555. The molecule has 4 nitrogen and oxygen atoms in total. The van der Waals surface area contributed by atoms with Crippen molar-refractivity contribution in [2.24, 2.45) is 0 Å². The molecule has 2 rings (SSSR count). The van der Waals surface area contributed by atoms with Crippen LogP contribution in [0.4, 0.5) is 5.69 Å². The van der Waals surface area contributed by atoms with Crippen molar-refractivity contribution < 1.29 is 14.4 Å². The molecule has 138 valence electrons. The molecule has 1 aromatic rings. The lowest BCUT2D eigenvalue weighted by Crippen LogP contribution is -2.37. The largest absolute Gasteiger partial charge is 0.375 e. The van der Waals surface area contributed by atoms with Crippen molar-refractivity contribution in [1.29, 1.82) is 0 Å². The summed E-state index contributed by atoms with van der Waals surface area (Å²) in [5.41, 5.74) is 3.95. The monoisotopic (exact) mass is 353 g/mol. The van der Waals surface area contributed by atoms with Crippen molar-refractivity contribution in [3.05, 3.63) is 48.1 Å². The summed E-state index contributed by atoms with van der Waals surface area (Å²) in [6.45, 7) is 11.7. The minimum atomic E-state index is -0.402. The highest BCUT2D eigenvalue weighted by molar-refractivity contribution is 6.23. The van der Waals surface area contributed by atoms with Crippen LogP contribution in [0.2, 0.25) is 0 Å². The van der Waals surface area contributed by atoms with Gasteiger partial charge in [-0.1, -0.05) is 26.1 Å². The van der Waals surface area contributed by atoms with Gasteiger partial charge in [-0.25, -0.2) is 0 Å². The predicted molar refractivity (Wildman–Crippen MR) is 105 cm³/mol. The summed E-state index contributed by atoms with van der Waals surface area (Å²) in [7, 11) is 0. The summed E-state index contributed by atoms with van der Waals surface area (Å²) in [4.78, 5) is 35.4. The fourth-order valence-corrected chi connectivity index (χ4v) is 3.22. The number of hydrogen-bond acceptors (Lipinski definition) is 4. The fourth-order valence-electron chi connectivity index (χ4n) is 3.22. The zero-order valence-electron chi connectivity index (χ0n) is 15.7. The highest BCUT2D eigenvalue weighted by atomic mass is 16.2. The molecule has 0 heterocycles. The van der Waals surface area contributed by atoms with Crippen molar-refractivity contribution in [3.63, 3.8) is 0 Å². The summed E-state index contributed by atoms with van der Waals surface area (Å²) < 4.78 is 0. The summed E-state index contributed by atoms with van der Waals surface area (Å²) in [6.07, 6.45) is 3.53. The minimum Gasteiger partial charge on any atom is -0.375 e. The second-order valence-corrected chi connectivity index (χ2v) is 6.92. The molecular weight excluding hydrogens is 326 g/mol. The standard InChI is InChI=1S/C22H27NO3/c1-5-6-18(24)9-7-14(2)19-10-8-17(13-15(19)3)23-20-11-12-21(25)16(4)22(20)26/h8,10,13,20,23H,2,4-7,9,11-12H2,1,3H3. The molecule has 1 aliphatic rings. The number of rotatable bonds is 8. The number of Topliss-reactive ketones (excluding diaryl/α,β-unsaturated/α-hetero) is 3. The molecule has 1 aromatic carbocycles. The third-order valence-electron chi connectivity index (χ3n) is 4.79. The zero-order chi connectivity index (χ0) is 19.3.